The number of nitrogens with zero attached hydrogens (tertiary/aromatic N) is 1. The first-order chi connectivity index (χ1) is 11.5. The van der Waals surface area contributed by atoms with Gasteiger partial charge in [0.05, 0.1) is 12.1 Å². The van der Waals surface area contributed by atoms with Gasteiger partial charge in [-0.15, -0.1) is 0 Å². The second-order valence-corrected chi connectivity index (χ2v) is 6.89. The molecule has 134 valence electrons. The number of likely N-dealkylation sites (N-methyl/N-ethyl adjacent to an activating group) is 1. The van der Waals surface area contributed by atoms with Gasteiger partial charge in [-0.25, -0.2) is 4.39 Å². The van der Waals surface area contributed by atoms with Crippen LogP contribution in [0.25, 0.3) is 0 Å². The van der Waals surface area contributed by atoms with Crippen LogP contribution in [0.5, 0.6) is 0 Å². The Kier molecular flexibility index (Phi) is 7.18. The van der Waals surface area contributed by atoms with Crippen molar-refractivity contribution >= 4 is 5.91 Å². The summed E-state index contributed by atoms with van der Waals surface area (Å²) in [5.74, 6) is 0.00561. The lowest BCUT2D eigenvalue weighted by Gasteiger charge is -2.33. The molecule has 3 unspecified atom stereocenters. The fraction of sp³-hybridized carbons (Fsp3) is 0.632. The highest BCUT2D eigenvalue weighted by atomic mass is 19.1. The Balaban J connectivity index is 1.73. The highest BCUT2D eigenvalue weighted by Crippen LogP contribution is 2.25. The van der Waals surface area contributed by atoms with E-state index in [-0.39, 0.29) is 29.8 Å². The lowest BCUT2D eigenvalue weighted by molar-refractivity contribution is -0.125. The van der Waals surface area contributed by atoms with Crippen molar-refractivity contribution in [1.82, 2.24) is 10.2 Å². The molecule has 1 aromatic carbocycles. The van der Waals surface area contributed by atoms with Crippen molar-refractivity contribution < 1.29 is 14.3 Å². The minimum atomic E-state index is -0.247. The van der Waals surface area contributed by atoms with E-state index in [9.17, 15) is 14.3 Å². The molecule has 0 spiro atoms. The minimum absolute atomic E-state index is 0.00934. The number of benzene rings is 1. The Bertz CT molecular complexity index is 521. The van der Waals surface area contributed by atoms with Crippen molar-refractivity contribution in [2.24, 2.45) is 5.92 Å². The number of hydrogen-bond acceptors (Lipinski definition) is 3. The van der Waals surface area contributed by atoms with E-state index in [1.54, 1.807) is 12.1 Å². The zero-order valence-electron chi connectivity index (χ0n) is 14.7. The summed E-state index contributed by atoms with van der Waals surface area (Å²) in [5, 5.41) is 13.0. The third kappa shape index (κ3) is 5.56. The van der Waals surface area contributed by atoms with Crippen LogP contribution in [-0.2, 0) is 11.2 Å². The van der Waals surface area contributed by atoms with Gasteiger partial charge >= 0.3 is 0 Å². The van der Waals surface area contributed by atoms with E-state index in [0.29, 0.717) is 13.0 Å². The number of amides is 1. The molecule has 1 amide bonds. The van der Waals surface area contributed by atoms with Crippen molar-refractivity contribution in [3.63, 3.8) is 0 Å². The third-order valence-corrected chi connectivity index (χ3v) is 5.06. The van der Waals surface area contributed by atoms with Gasteiger partial charge in [0.1, 0.15) is 5.82 Å². The summed E-state index contributed by atoms with van der Waals surface area (Å²) in [6, 6.07) is 6.11. The molecule has 24 heavy (non-hydrogen) atoms. The Hall–Kier alpha value is -1.46. The van der Waals surface area contributed by atoms with Crippen molar-refractivity contribution in [2.45, 2.75) is 51.2 Å². The van der Waals surface area contributed by atoms with Crippen LogP contribution in [0.1, 0.15) is 38.2 Å². The molecule has 0 heterocycles. The van der Waals surface area contributed by atoms with Crippen LogP contribution >= 0.6 is 0 Å². The lowest BCUT2D eigenvalue weighted by Crippen LogP contribution is -2.47. The molecular formula is C19H29FN2O2. The second-order valence-electron chi connectivity index (χ2n) is 6.89. The van der Waals surface area contributed by atoms with E-state index in [0.717, 1.165) is 37.8 Å². The number of carbonyl (C=O) groups is 1. The predicted molar refractivity (Wildman–Crippen MR) is 93.2 cm³/mol. The maximum absolute atomic E-state index is 12.9. The first kappa shape index (κ1) is 18.9. The number of halogens is 1. The maximum Gasteiger partial charge on any atom is 0.237 e. The highest BCUT2D eigenvalue weighted by Gasteiger charge is 2.27. The molecule has 0 saturated heterocycles. The van der Waals surface area contributed by atoms with E-state index < -0.39 is 0 Å². The number of aliphatic hydroxyl groups is 1. The smallest absolute Gasteiger partial charge is 0.237 e. The summed E-state index contributed by atoms with van der Waals surface area (Å²) < 4.78 is 12.9. The Morgan fingerprint density at radius 1 is 1.33 bits per heavy atom. The van der Waals surface area contributed by atoms with Gasteiger partial charge in [-0.1, -0.05) is 25.0 Å². The largest absolute Gasteiger partial charge is 0.393 e. The number of nitrogens with one attached hydrogen (secondary N) is 1. The second kappa shape index (κ2) is 9.14. The molecule has 1 fully saturated rings. The molecule has 1 saturated carbocycles. The number of aliphatic hydroxyl groups excluding tert-OH is 1. The molecule has 2 rings (SSSR count). The molecule has 0 aromatic heterocycles. The summed E-state index contributed by atoms with van der Waals surface area (Å²) in [5.41, 5.74) is 1.00. The molecular weight excluding hydrogens is 307 g/mol. The van der Waals surface area contributed by atoms with E-state index in [1.807, 2.05) is 18.9 Å². The van der Waals surface area contributed by atoms with E-state index in [1.165, 1.54) is 12.1 Å². The van der Waals surface area contributed by atoms with E-state index in [2.05, 4.69) is 5.32 Å². The van der Waals surface area contributed by atoms with Crippen LogP contribution in [0.2, 0.25) is 0 Å². The molecule has 0 bridgehead atoms. The first-order valence-electron chi connectivity index (χ1n) is 8.88. The van der Waals surface area contributed by atoms with Crippen LogP contribution in [0.15, 0.2) is 24.3 Å². The molecule has 1 aliphatic rings. The summed E-state index contributed by atoms with van der Waals surface area (Å²) in [6.45, 7) is 3.17. The normalized spacial score (nSPS) is 22.4. The molecule has 1 aliphatic carbocycles. The van der Waals surface area contributed by atoms with Gasteiger partial charge in [-0.3, -0.25) is 9.69 Å². The fourth-order valence-electron chi connectivity index (χ4n) is 3.26. The van der Waals surface area contributed by atoms with Crippen LogP contribution in [-0.4, -0.2) is 48.2 Å². The Labute approximate surface area is 144 Å². The van der Waals surface area contributed by atoms with Crippen LogP contribution in [0.3, 0.4) is 0 Å². The van der Waals surface area contributed by atoms with E-state index in [4.69, 9.17) is 0 Å². The van der Waals surface area contributed by atoms with Crippen molar-refractivity contribution in [2.75, 3.05) is 20.1 Å². The fourth-order valence-corrected chi connectivity index (χ4v) is 3.26. The quantitative estimate of drug-likeness (QED) is 0.804. The van der Waals surface area contributed by atoms with Gasteiger partial charge in [-0.2, -0.15) is 0 Å². The van der Waals surface area contributed by atoms with Crippen molar-refractivity contribution in [3.05, 3.63) is 35.6 Å². The molecule has 4 nitrogen and oxygen atoms in total. The summed E-state index contributed by atoms with van der Waals surface area (Å²) >= 11 is 0. The monoisotopic (exact) mass is 336 g/mol. The van der Waals surface area contributed by atoms with Crippen LogP contribution in [0.4, 0.5) is 4.39 Å². The molecule has 0 aliphatic heterocycles. The average Bonchev–Trinajstić information content (AvgIpc) is 2.58. The lowest BCUT2D eigenvalue weighted by atomic mass is 9.86. The standard InChI is InChI=1S/C19H29FN2O2/c1-14(22(2)13-16-5-3-4-6-18(16)23)19(24)21-12-11-15-7-9-17(20)10-8-15/h7-10,14,16,18,23H,3-6,11-13H2,1-2H3,(H,21,24). The maximum atomic E-state index is 12.9. The minimum Gasteiger partial charge on any atom is -0.393 e. The highest BCUT2D eigenvalue weighted by molar-refractivity contribution is 5.81. The van der Waals surface area contributed by atoms with E-state index >= 15 is 0 Å². The number of hydrogen-bond donors (Lipinski definition) is 2. The molecule has 0 radical (unpaired) electrons. The zero-order valence-corrected chi connectivity index (χ0v) is 14.7. The van der Waals surface area contributed by atoms with Crippen LogP contribution in [0, 0.1) is 11.7 Å². The van der Waals surface area contributed by atoms with Gasteiger partial charge in [-0.05, 0) is 56.8 Å². The molecule has 3 atom stereocenters. The predicted octanol–water partition coefficient (Wildman–Crippen LogP) is 2.36. The third-order valence-electron chi connectivity index (χ3n) is 5.06. The average molecular weight is 336 g/mol. The van der Waals surface area contributed by atoms with Crippen LogP contribution < -0.4 is 5.32 Å². The summed E-state index contributed by atoms with van der Waals surface area (Å²) in [6.07, 6.45) is 4.61. The van der Waals surface area contributed by atoms with Gasteiger partial charge in [0.15, 0.2) is 0 Å². The SMILES string of the molecule is CC(C(=O)NCCc1ccc(F)cc1)N(C)CC1CCCCC1O. The number of rotatable bonds is 7. The molecule has 2 N–H and O–H groups in total. The molecule has 1 aromatic rings. The van der Waals surface area contributed by atoms with Gasteiger partial charge in [0.25, 0.3) is 0 Å². The Morgan fingerprint density at radius 2 is 2.00 bits per heavy atom. The zero-order chi connectivity index (χ0) is 17.5. The summed E-state index contributed by atoms with van der Waals surface area (Å²) in [7, 11) is 1.94. The first-order valence-corrected chi connectivity index (χ1v) is 8.88. The van der Waals surface area contributed by atoms with Gasteiger partial charge in [0.2, 0.25) is 5.91 Å². The number of carbonyl (C=O) groups excluding carboxylic acids is 1. The van der Waals surface area contributed by atoms with Gasteiger partial charge in [0, 0.05) is 13.1 Å². The summed E-state index contributed by atoms with van der Waals surface area (Å²) in [4.78, 5) is 14.3. The Morgan fingerprint density at radius 3 is 2.67 bits per heavy atom. The van der Waals surface area contributed by atoms with Crippen molar-refractivity contribution in [3.8, 4) is 0 Å². The molecule has 5 heteroatoms. The van der Waals surface area contributed by atoms with Crippen molar-refractivity contribution in [1.29, 1.82) is 0 Å². The topological polar surface area (TPSA) is 52.6 Å². The van der Waals surface area contributed by atoms with Gasteiger partial charge < -0.3 is 10.4 Å².